The Kier molecular flexibility index (Phi) is 8.02. The summed E-state index contributed by atoms with van der Waals surface area (Å²) in [5.74, 6) is -2.01. The predicted octanol–water partition coefficient (Wildman–Crippen LogP) is 5.30. The summed E-state index contributed by atoms with van der Waals surface area (Å²) in [5, 5.41) is 5.74. The molecule has 0 fully saturated rings. The lowest BCUT2D eigenvalue weighted by Gasteiger charge is -2.08. The molecular formula is C23H20ClFN2O5S. The van der Waals surface area contributed by atoms with Crippen molar-refractivity contribution in [3.05, 3.63) is 75.4 Å². The fourth-order valence-corrected chi connectivity index (χ4v) is 4.08. The van der Waals surface area contributed by atoms with Gasteiger partial charge in [-0.25, -0.2) is 9.18 Å². The van der Waals surface area contributed by atoms with Crippen LogP contribution in [0.25, 0.3) is 0 Å². The smallest absolute Gasteiger partial charge is 0.341 e. The highest BCUT2D eigenvalue weighted by Crippen LogP contribution is 2.34. The summed E-state index contributed by atoms with van der Waals surface area (Å²) in [7, 11) is 0. The van der Waals surface area contributed by atoms with Gasteiger partial charge in [-0.1, -0.05) is 23.7 Å². The molecule has 3 aromatic rings. The number of amides is 2. The Morgan fingerprint density at radius 1 is 1.06 bits per heavy atom. The maximum Gasteiger partial charge on any atom is 0.341 e. The largest absolute Gasteiger partial charge is 0.484 e. The minimum absolute atomic E-state index is 0.00469. The van der Waals surface area contributed by atoms with Gasteiger partial charge >= 0.3 is 5.97 Å². The zero-order valence-electron chi connectivity index (χ0n) is 17.7. The molecule has 0 spiro atoms. The van der Waals surface area contributed by atoms with Crippen molar-refractivity contribution >= 4 is 51.4 Å². The van der Waals surface area contributed by atoms with Gasteiger partial charge in [0.1, 0.15) is 16.6 Å². The van der Waals surface area contributed by atoms with Gasteiger partial charge in [-0.2, -0.15) is 0 Å². The number of benzene rings is 2. The molecule has 0 radical (unpaired) electrons. The van der Waals surface area contributed by atoms with E-state index in [1.54, 1.807) is 44.2 Å². The van der Waals surface area contributed by atoms with Crippen LogP contribution in [-0.4, -0.2) is 31.0 Å². The molecular weight excluding hydrogens is 471 g/mol. The van der Waals surface area contributed by atoms with E-state index < -0.39 is 23.6 Å². The van der Waals surface area contributed by atoms with Crippen LogP contribution in [0, 0.1) is 12.7 Å². The van der Waals surface area contributed by atoms with Gasteiger partial charge in [0, 0.05) is 5.02 Å². The van der Waals surface area contributed by atoms with E-state index in [-0.39, 0.29) is 34.3 Å². The number of carbonyl (C=O) groups excluding carboxylic acids is 3. The van der Waals surface area contributed by atoms with Gasteiger partial charge in [-0.05, 0) is 55.8 Å². The summed E-state index contributed by atoms with van der Waals surface area (Å²) >= 11 is 6.71. The molecule has 1 heterocycles. The van der Waals surface area contributed by atoms with Crippen molar-refractivity contribution < 1.29 is 28.2 Å². The quantitative estimate of drug-likeness (QED) is 0.418. The number of anilines is 2. The summed E-state index contributed by atoms with van der Waals surface area (Å²) in [6, 6.07) is 12.2. The van der Waals surface area contributed by atoms with E-state index in [4.69, 9.17) is 21.1 Å². The topological polar surface area (TPSA) is 93.7 Å². The Labute approximate surface area is 198 Å². The molecule has 0 saturated heterocycles. The third kappa shape index (κ3) is 6.09. The predicted molar refractivity (Wildman–Crippen MR) is 125 cm³/mol. The van der Waals surface area contributed by atoms with Crippen LogP contribution in [0.4, 0.5) is 15.1 Å². The molecule has 0 unspecified atom stereocenters. The number of hydrogen-bond donors (Lipinski definition) is 2. The van der Waals surface area contributed by atoms with E-state index in [2.05, 4.69) is 10.6 Å². The van der Waals surface area contributed by atoms with Crippen LogP contribution in [-0.2, 0) is 9.53 Å². The molecule has 0 aliphatic heterocycles. The SMILES string of the molecule is CCOC(=O)c1c(NC(=O)COc2ccc(Cl)cc2)sc(C(=O)Nc2ccccc2F)c1C. The zero-order chi connectivity index (χ0) is 24.0. The summed E-state index contributed by atoms with van der Waals surface area (Å²) in [6.07, 6.45) is 0. The minimum atomic E-state index is -0.690. The summed E-state index contributed by atoms with van der Waals surface area (Å²) in [6.45, 7) is 2.97. The number of carbonyl (C=O) groups is 3. The number of hydrogen-bond acceptors (Lipinski definition) is 6. The van der Waals surface area contributed by atoms with Crippen LogP contribution in [0.5, 0.6) is 5.75 Å². The minimum Gasteiger partial charge on any atom is -0.484 e. The molecule has 0 atom stereocenters. The van der Waals surface area contributed by atoms with E-state index in [0.717, 1.165) is 11.3 Å². The first kappa shape index (κ1) is 24.2. The lowest BCUT2D eigenvalue weighted by atomic mass is 10.1. The molecule has 10 heteroatoms. The number of ether oxygens (including phenoxy) is 2. The van der Waals surface area contributed by atoms with Crippen molar-refractivity contribution in [1.82, 2.24) is 0 Å². The van der Waals surface area contributed by atoms with E-state index in [0.29, 0.717) is 16.3 Å². The molecule has 2 aromatic carbocycles. The first-order valence-corrected chi connectivity index (χ1v) is 11.0. The molecule has 0 aliphatic carbocycles. The highest BCUT2D eigenvalue weighted by molar-refractivity contribution is 7.19. The van der Waals surface area contributed by atoms with Gasteiger partial charge in [0.15, 0.2) is 6.61 Å². The van der Waals surface area contributed by atoms with Crippen LogP contribution < -0.4 is 15.4 Å². The monoisotopic (exact) mass is 490 g/mol. The normalized spacial score (nSPS) is 10.4. The molecule has 0 saturated carbocycles. The lowest BCUT2D eigenvalue weighted by Crippen LogP contribution is -2.21. The Bertz CT molecular complexity index is 1180. The van der Waals surface area contributed by atoms with Crippen LogP contribution in [0.2, 0.25) is 5.02 Å². The Morgan fingerprint density at radius 2 is 1.76 bits per heavy atom. The van der Waals surface area contributed by atoms with Crippen LogP contribution >= 0.6 is 22.9 Å². The molecule has 1 aromatic heterocycles. The Morgan fingerprint density at radius 3 is 2.42 bits per heavy atom. The fourth-order valence-electron chi connectivity index (χ4n) is 2.85. The van der Waals surface area contributed by atoms with Gasteiger partial charge in [0.05, 0.1) is 22.7 Å². The average Bonchev–Trinajstić information content (AvgIpc) is 3.11. The van der Waals surface area contributed by atoms with Crippen molar-refractivity contribution in [2.75, 3.05) is 23.8 Å². The van der Waals surface area contributed by atoms with Crippen molar-refractivity contribution in [1.29, 1.82) is 0 Å². The Balaban J connectivity index is 1.81. The second-order valence-corrected chi connectivity index (χ2v) is 8.16. The first-order chi connectivity index (χ1) is 15.8. The molecule has 2 amide bonds. The third-order valence-corrected chi connectivity index (χ3v) is 5.85. The lowest BCUT2D eigenvalue weighted by molar-refractivity contribution is -0.118. The van der Waals surface area contributed by atoms with Crippen molar-refractivity contribution in [2.24, 2.45) is 0 Å². The van der Waals surface area contributed by atoms with Crippen LogP contribution in [0.3, 0.4) is 0 Å². The van der Waals surface area contributed by atoms with Crippen molar-refractivity contribution in [2.45, 2.75) is 13.8 Å². The molecule has 172 valence electrons. The second-order valence-electron chi connectivity index (χ2n) is 6.71. The molecule has 0 bridgehead atoms. The molecule has 0 aliphatic rings. The second kappa shape index (κ2) is 10.9. The first-order valence-electron chi connectivity index (χ1n) is 9.84. The molecule has 2 N–H and O–H groups in total. The van der Waals surface area contributed by atoms with Gasteiger partial charge in [0.25, 0.3) is 11.8 Å². The molecule has 7 nitrogen and oxygen atoms in total. The Hall–Kier alpha value is -3.43. The highest BCUT2D eigenvalue weighted by atomic mass is 35.5. The number of nitrogens with one attached hydrogen (secondary N) is 2. The van der Waals surface area contributed by atoms with Crippen molar-refractivity contribution in [3.63, 3.8) is 0 Å². The van der Waals surface area contributed by atoms with Gasteiger partial charge in [-0.3, -0.25) is 9.59 Å². The van der Waals surface area contributed by atoms with E-state index >= 15 is 0 Å². The van der Waals surface area contributed by atoms with Gasteiger partial charge in [-0.15, -0.1) is 11.3 Å². The summed E-state index contributed by atoms with van der Waals surface area (Å²) in [5.41, 5.74) is 0.358. The fraction of sp³-hybridized carbons (Fsp3) is 0.174. The van der Waals surface area contributed by atoms with E-state index in [1.807, 2.05) is 0 Å². The number of para-hydroxylation sites is 1. The van der Waals surface area contributed by atoms with Crippen LogP contribution in [0.1, 0.15) is 32.5 Å². The average molecular weight is 491 g/mol. The highest BCUT2D eigenvalue weighted by Gasteiger charge is 2.27. The van der Waals surface area contributed by atoms with E-state index in [9.17, 15) is 18.8 Å². The number of halogens is 2. The number of rotatable bonds is 8. The van der Waals surface area contributed by atoms with Gasteiger partial charge < -0.3 is 20.1 Å². The van der Waals surface area contributed by atoms with Crippen LogP contribution in [0.15, 0.2) is 48.5 Å². The number of esters is 1. The molecule has 3 rings (SSSR count). The summed E-state index contributed by atoms with van der Waals surface area (Å²) in [4.78, 5) is 37.9. The van der Waals surface area contributed by atoms with E-state index in [1.165, 1.54) is 18.2 Å². The maximum absolute atomic E-state index is 13.9. The standard InChI is InChI=1S/C23H20ClFN2O5S/c1-3-31-23(30)19-13(2)20(21(29)26-17-7-5-4-6-16(17)25)33-22(19)27-18(28)12-32-15-10-8-14(24)9-11-15/h4-11H,3,12H2,1-2H3,(H,26,29)(H,27,28). The zero-order valence-corrected chi connectivity index (χ0v) is 19.3. The number of thiophene rings is 1. The maximum atomic E-state index is 13.9. The third-order valence-electron chi connectivity index (χ3n) is 4.39. The molecule has 33 heavy (non-hydrogen) atoms. The summed E-state index contributed by atoms with van der Waals surface area (Å²) < 4.78 is 24.4. The van der Waals surface area contributed by atoms with Gasteiger partial charge in [0.2, 0.25) is 0 Å². The van der Waals surface area contributed by atoms with Crippen molar-refractivity contribution in [3.8, 4) is 5.75 Å².